The third kappa shape index (κ3) is 6.50. The number of aryl methyl sites for hydroxylation is 1. The lowest BCUT2D eigenvalue weighted by molar-refractivity contribution is 0.0995. The number of amides is 1. The van der Waals surface area contributed by atoms with Crippen LogP contribution in [0.1, 0.15) is 34.3 Å². The van der Waals surface area contributed by atoms with Crippen LogP contribution in [0.3, 0.4) is 0 Å². The highest BCUT2D eigenvalue weighted by Crippen LogP contribution is 2.27. The van der Waals surface area contributed by atoms with Crippen LogP contribution in [0.4, 0.5) is 8.78 Å². The highest BCUT2D eigenvalue weighted by Gasteiger charge is 2.20. The van der Waals surface area contributed by atoms with Crippen molar-refractivity contribution in [3.05, 3.63) is 74.6 Å². The minimum absolute atomic E-state index is 0.0302. The molecule has 0 atom stereocenters. The van der Waals surface area contributed by atoms with Crippen LogP contribution in [0.15, 0.2) is 47.6 Å². The van der Waals surface area contributed by atoms with Crippen molar-refractivity contribution in [1.29, 1.82) is 0 Å². The number of primary amides is 1. The minimum Gasteiger partial charge on any atom is -0.493 e. The molecule has 0 spiro atoms. The predicted octanol–water partition coefficient (Wildman–Crippen LogP) is 3.63. The fourth-order valence-electron chi connectivity index (χ4n) is 3.29. The normalized spacial score (nSPS) is 11.5. The Morgan fingerprint density at radius 1 is 1.18 bits per heavy atom. The zero-order valence-corrected chi connectivity index (χ0v) is 20.7. The smallest absolute Gasteiger partial charge is 0.252 e. The first-order valence-electron chi connectivity index (χ1n) is 9.97. The van der Waals surface area contributed by atoms with Gasteiger partial charge in [-0.15, -0.1) is 0 Å². The number of rotatable bonds is 10. The minimum atomic E-state index is -3.47. The maximum absolute atomic E-state index is 14.3. The van der Waals surface area contributed by atoms with Gasteiger partial charge in [-0.2, -0.15) is 5.10 Å². The first-order valence-corrected chi connectivity index (χ1v) is 12.7. The van der Waals surface area contributed by atoms with Crippen LogP contribution >= 0.6 is 22.6 Å². The van der Waals surface area contributed by atoms with Crippen LogP contribution in [0, 0.1) is 15.2 Å². The Kier molecular flexibility index (Phi) is 8.05. The molecule has 3 rings (SSSR count). The van der Waals surface area contributed by atoms with Gasteiger partial charge >= 0.3 is 0 Å². The van der Waals surface area contributed by atoms with E-state index in [-0.39, 0.29) is 46.1 Å². The molecule has 11 heteroatoms. The molecule has 33 heavy (non-hydrogen) atoms. The molecule has 1 amide bonds. The first-order chi connectivity index (χ1) is 15.6. The van der Waals surface area contributed by atoms with E-state index in [9.17, 15) is 22.0 Å². The highest BCUT2D eigenvalue weighted by atomic mass is 127. The Balaban J connectivity index is 1.69. The van der Waals surface area contributed by atoms with Gasteiger partial charge in [0.15, 0.2) is 9.84 Å². The SMILES string of the molecule is Cn1cc(S(=O)(=O)CCCCOc2cc(F)cc(Cc3ccc(I)cc3F)c2C(N)=O)cn1. The van der Waals surface area contributed by atoms with Crippen LogP contribution in [0.2, 0.25) is 0 Å². The standard InChI is InChI=1S/C22H22F2IN3O4S/c1-28-13-18(12-27-28)33(30,31)7-3-2-6-32-20-10-16(23)9-15(21(20)22(26)29)8-14-4-5-17(25)11-19(14)24/h4-5,9-13H,2-3,6-8H2,1H3,(H2,26,29). The molecule has 0 fully saturated rings. The number of sulfone groups is 1. The lowest BCUT2D eigenvalue weighted by Crippen LogP contribution is -2.17. The van der Waals surface area contributed by atoms with E-state index in [1.807, 2.05) is 22.6 Å². The molecule has 176 valence electrons. The number of benzene rings is 2. The van der Waals surface area contributed by atoms with E-state index in [4.69, 9.17) is 10.5 Å². The molecule has 2 N–H and O–H groups in total. The lowest BCUT2D eigenvalue weighted by atomic mass is 9.98. The quantitative estimate of drug-likeness (QED) is 0.288. The van der Waals surface area contributed by atoms with Crippen LogP contribution < -0.4 is 10.5 Å². The Labute approximate surface area is 204 Å². The second kappa shape index (κ2) is 10.6. The van der Waals surface area contributed by atoms with Crippen molar-refractivity contribution in [2.24, 2.45) is 12.8 Å². The predicted molar refractivity (Wildman–Crippen MR) is 127 cm³/mol. The number of unbranched alkanes of at least 4 members (excludes halogenated alkanes) is 1. The zero-order chi connectivity index (χ0) is 24.2. The van der Waals surface area contributed by atoms with Gasteiger partial charge in [-0.05, 0) is 64.8 Å². The summed E-state index contributed by atoms with van der Waals surface area (Å²) in [6, 6.07) is 6.79. The fraction of sp³-hybridized carbons (Fsp3) is 0.273. The van der Waals surface area contributed by atoms with Crippen molar-refractivity contribution in [3.63, 3.8) is 0 Å². The summed E-state index contributed by atoms with van der Waals surface area (Å²) in [4.78, 5) is 12.2. The molecule has 0 radical (unpaired) electrons. The number of nitrogens with zero attached hydrogens (tertiary/aromatic N) is 2. The first kappa shape index (κ1) is 25.1. The molecule has 0 saturated carbocycles. The summed E-state index contributed by atoms with van der Waals surface area (Å²) in [5, 5.41) is 3.86. The Morgan fingerprint density at radius 3 is 2.58 bits per heavy atom. The Hall–Kier alpha value is -2.54. The van der Waals surface area contributed by atoms with Crippen LogP contribution in [-0.2, 0) is 23.3 Å². The van der Waals surface area contributed by atoms with Crippen LogP contribution in [0.25, 0.3) is 0 Å². The molecule has 0 aliphatic heterocycles. The third-order valence-electron chi connectivity index (χ3n) is 4.90. The van der Waals surface area contributed by atoms with Gasteiger partial charge in [0.2, 0.25) is 0 Å². The molecule has 1 aromatic heterocycles. The molecule has 0 aliphatic rings. The molecule has 0 saturated heterocycles. The number of hydrogen-bond donors (Lipinski definition) is 1. The second-order valence-corrected chi connectivity index (χ2v) is 10.8. The van der Waals surface area contributed by atoms with Gasteiger partial charge in [-0.3, -0.25) is 9.48 Å². The largest absolute Gasteiger partial charge is 0.493 e. The Morgan fingerprint density at radius 2 is 1.94 bits per heavy atom. The van der Waals surface area contributed by atoms with Gasteiger partial charge in [0.1, 0.15) is 22.3 Å². The van der Waals surface area contributed by atoms with Crippen molar-refractivity contribution in [2.75, 3.05) is 12.4 Å². The van der Waals surface area contributed by atoms with E-state index in [1.54, 1.807) is 19.2 Å². The molecule has 0 aliphatic carbocycles. The molecule has 7 nitrogen and oxygen atoms in total. The number of ether oxygens (including phenoxy) is 1. The number of aromatic nitrogens is 2. The van der Waals surface area contributed by atoms with E-state index >= 15 is 0 Å². The summed E-state index contributed by atoms with van der Waals surface area (Å²) in [5.74, 6) is -2.12. The molecular formula is C22H22F2IN3O4S. The van der Waals surface area contributed by atoms with Gasteiger partial charge in [-0.1, -0.05) is 6.07 Å². The maximum Gasteiger partial charge on any atom is 0.252 e. The monoisotopic (exact) mass is 589 g/mol. The van der Waals surface area contributed by atoms with Crippen molar-refractivity contribution in [3.8, 4) is 5.75 Å². The van der Waals surface area contributed by atoms with Crippen molar-refractivity contribution in [1.82, 2.24) is 9.78 Å². The average molecular weight is 589 g/mol. The van der Waals surface area contributed by atoms with E-state index in [0.29, 0.717) is 16.4 Å². The van der Waals surface area contributed by atoms with Gasteiger partial charge in [-0.25, -0.2) is 17.2 Å². The number of carbonyl (C=O) groups excluding carboxylic acids is 1. The zero-order valence-electron chi connectivity index (χ0n) is 17.7. The summed E-state index contributed by atoms with van der Waals surface area (Å²) in [5.41, 5.74) is 5.97. The summed E-state index contributed by atoms with van der Waals surface area (Å²) < 4.78 is 60.8. The van der Waals surface area contributed by atoms with Gasteiger partial charge < -0.3 is 10.5 Å². The van der Waals surface area contributed by atoms with Crippen molar-refractivity contribution in [2.45, 2.75) is 24.2 Å². The summed E-state index contributed by atoms with van der Waals surface area (Å²) in [7, 11) is -1.84. The molecule has 0 unspecified atom stereocenters. The number of hydrogen-bond acceptors (Lipinski definition) is 5. The fourth-order valence-corrected chi connectivity index (χ4v) is 5.09. The summed E-state index contributed by atoms with van der Waals surface area (Å²) in [6.45, 7) is 0.0453. The molecule has 0 bridgehead atoms. The van der Waals surface area contributed by atoms with Crippen molar-refractivity contribution >= 4 is 38.3 Å². The molecule has 3 aromatic rings. The molecular weight excluding hydrogens is 567 g/mol. The summed E-state index contributed by atoms with van der Waals surface area (Å²) >= 11 is 1.98. The Bertz CT molecular complexity index is 1280. The molecule has 2 aromatic carbocycles. The topological polar surface area (TPSA) is 104 Å². The van der Waals surface area contributed by atoms with Gasteiger partial charge in [0, 0.05) is 29.3 Å². The van der Waals surface area contributed by atoms with Gasteiger partial charge in [0.25, 0.3) is 5.91 Å². The van der Waals surface area contributed by atoms with Gasteiger partial charge in [0.05, 0.1) is 24.1 Å². The number of halogens is 3. The van der Waals surface area contributed by atoms with Crippen molar-refractivity contribution < 1.29 is 26.7 Å². The summed E-state index contributed by atoms with van der Waals surface area (Å²) in [6.07, 6.45) is 3.30. The van der Waals surface area contributed by atoms with E-state index in [2.05, 4.69) is 5.10 Å². The van der Waals surface area contributed by atoms with Crippen LogP contribution in [0.5, 0.6) is 5.75 Å². The number of carbonyl (C=O) groups is 1. The second-order valence-electron chi connectivity index (χ2n) is 7.44. The van der Waals surface area contributed by atoms with E-state index < -0.39 is 27.4 Å². The average Bonchev–Trinajstić information content (AvgIpc) is 3.16. The van der Waals surface area contributed by atoms with E-state index in [0.717, 1.165) is 12.1 Å². The molecule has 1 heterocycles. The lowest BCUT2D eigenvalue weighted by Gasteiger charge is -2.15. The number of nitrogens with two attached hydrogens (primary N) is 1. The maximum atomic E-state index is 14.3. The highest BCUT2D eigenvalue weighted by molar-refractivity contribution is 14.1. The third-order valence-corrected chi connectivity index (χ3v) is 7.32. The van der Waals surface area contributed by atoms with E-state index in [1.165, 1.54) is 23.1 Å². The van der Waals surface area contributed by atoms with Crippen LogP contribution in [-0.4, -0.2) is 36.5 Å².